The molecule has 0 fully saturated rings. The number of rotatable bonds is 5. The maximum absolute atomic E-state index is 13.5. The van der Waals surface area contributed by atoms with Crippen LogP contribution in [0.4, 0.5) is 4.39 Å². The highest BCUT2D eigenvalue weighted by atomic mass is 19.1. The lowest BCUT2D eigenvalue weighted by molar-refractivity contribution is 0.153. The lowest BCUT2D eigenvalue weighted by Gasteiger charge is -2.25. The van der Waals surface area contributed by atoms with E-state index >= 15 is 0 Å². The van der Waals surface area contributed by atoms with E-state index in [1.54, 1.807) is 12.1 Å². The van der Waals surface area contributed by atoms with E-state index in [1.165, 1.54) is 6.07 Å². The molecule has 0 heterocycles. The molecule has 0 amide bonds. The fourth-order valence-corrected chi connectivity index (χ4v) is 1.42. The molecule has 0 saturated carbocycles. The minimum Gasteiger partial charge on any atom is -0.396 e. The first-order valence-corrected chi connectivity index (χ1v) is 5.55. The molecule has 1 atom stereocenters. The molecule has 0 aliphatic heterocycles. The molecule has 0 aliphatic carbocycles. The standard InChI is InChI=1S/C13H20FNO/c1-10(15-8-13(2,3)9-16)11-6-4-5-7-12(11)14/h4-7,10,15-16H,8-9H2,1-3H3/t10-/m1/s1. The third-order valence-corrected chi connectivity index (χ3v) is 2.69. The van der Waals surface area contributed by atoms with Crippen LogP contribution >= 0.6 is 0 Å². The molecule has 3 heteroatoms. The molecule has 1 rings (SSSR count). The highest BCUT2D eigenvalue weighted by molar-refractivity contribution is 5.20. The van der Waals surface area contributed by atoms with Crippen LogP contribution in [-0.2, 0) is 0 Å². The lowest BCUT2D eigenvalue weighted by atomic mass is 9.94. The van der Waals surface area contributed by atoms with Crippen molar-refractivity contribution in [3.63, 3.8) is 0 Å². The van der Waals surface area contributed by atoms with Gasteiger partial charge in [0, 0.05) is 30.2 Å². The lowest BCUT2D eigenvalue weighted by Crippen LogP contribution is -2.34. The average Bonchev–Trinajstić information content (AvgIpc) is 2.27. The number of nitrogens with one attached hydrogen (secondary N) is 1. The van der Waals surface area contributed by atoms with Gasteiger partial charge in [0.15, 0.2) is 0 Å². The number of halogens is 1. The van der Waals surface area contributed by atoms with Crippen LogP contribution in [0.1, 0.15) is 32.4 Å². The van der Waals surface area contributed by atoms with Gasteiger partial charge in [-0.05, 0) is 13.0 Å². The van der Waals surface area contributed by atoms with Gasteiger partial charge in [0.25, 0.3) is 0 Å². The molecule has 0 radical (unpaired) electrons. The van der Waals surface area contributed by atoms with Gasteiger partial charge in [0.2, 0.25) is 0 Å². The Balaban J connectivity index is 2.60. The fraction of sp³-hybridized carbons (Fsp3) is 0.538. The Morgan fingerprint density at radius 3 is 2.56 bits per heavy atom. The van der Waals surface area contributed by atoms with Crippen molar-refractivity contribution >= 4 is 0 Å². The van der Waals surface area contributed by atoms with Gasteiger partial charge in [0.1, 0.15) is 5.82 Å². The first-order valence-electron chi connectivity index (χ1n) is 5.55. The number of aliphatic hydroxyl groups excluding tert-OH is 1. The summed E-state index contributed by atoms with van der Waals surface area (Å²) >= 11 is 0. The topological polar surface area (TPSA) is 32.3 Å². The van der Waals surface area contributed by atoms with Crippen LogP contribution in [-0.4, -0.2) is 18.3 Å². The van der Waals surface area contributed by atoms with Crippen LogP contribution in [0.3, 0.4) is 0 Å². The molecule has 0 unspecified atom stereocenters. The van der Waals surface area contributed by atoms with Crippen molar-refractivity contribution in [3.05, 3.63) is 35.6 Å². The van der Waals surface area contributed by atoms with E-state index in [1.807, 2.05) is 26.8 Å². The minimum atomic E-state index is -0.190. The van der Waals surface area contributed by atoms with E-state index in [0.717, 1.165) is 0 Å². The predicted molar refractivity (Wildman–Crippen MR) is 63.7 cm³/mol. The zero-order valence-corrected chi connectivity index (χ0v) is 10.1. The number of hydrogen-bond acceptors (Lipinski definition) is 2. The summed E-state index contributed by atoms with van der Waals surface area (Å²) in [5.41, 5.74) is 0.482. The van der Waals surface area contributed by atoms with Crippen LogP contribution in [0.25, 0.3) is 0 Å². The van der Waals surface area contributed by atoms with Crippen molar-refractivity contribution in [3.8, 4) is 0 Å². The summed E-state index contributed by atoms with van der Waals surface area (Å²) in [5.74, 6) is -0.190. The molecule has 0 aliphatic rings. The van der Waals surface area contributed by atoms with E-state index in [9.17, 15) is 4.39 Å². The molecule has 0 spiro atoms. The minimum absolute atomic E-state index is 0.0491. The van der Waals surface area contributed by atoms with Crippen LogP contribution in [0, 0.1) is 11.2 Å². The van der Waals surface area contributed by atoms with Crippen LogP contribution < -0.4 is 5.32 Å². The normalized spacial score (nSPS) is 13.8. The molecule has 1 aromatic rings. The highest BCUT2D eigenvalue weighted by Crippen LogP contribution is 2.18. The monoisotopic (exact) mass is 225 g/mol. The van der Waals surface area contributed by atoms with Gasteiger partial charge < -0.3 is 10.4 Å². The van der Waals surface area contributed by atoms with Crippen LogP contribution in [0.2, 0.25) is 0 Å². The molecule has 0 aromatic heterocycles. The molecule has 0 saturated heterocycles. The largest absolute Gasteiger partial charge is 0.396 e. The van der Waals surface area contributed by atoms with E-state index in [4.69, 9.17) is 5.11 Å². The zero-order valence-electron chi connectivity index (χ0n) is 10.1. The Labute approximate surface area is 96.5 Å². The van der Waals surface area contributed by atoms with Gasteiger partial charge in [-0.2, -0.15) is 0 Å². The summed E-state index contributed by atoms with van der Waals surface area (Å²) in [7, 11) is 0. The smallest absolute Gasteiger partial charge is 0.127 e. The molecule has 2 nitrogen and oxygen atoms in total. The molecule has 1 aromatic carbocycles. The SMILES string of the molecule is C[C@@H](NCC(C)(C)CO)c1ccccc1F. The van der Waals surface area contributed by atoms with Crippen molar-refractivity contribution in [1.29, 1.82) is 0 Å². The highest BCUT2D eigenvalue weighted by Gasteiger charge is 2.18. The molecule has 0 bridgehead atoms. The van der Waals surface area contributed by atoms with E-state index in [-0.39, 0.29) is 23.9 Å². The Morgan fingerprint density at radius 2 is 2.00 bits per heavy atom. The maximum Gasteiger partial charge on any atom is 0.127 e. The number of aliphatic hydroxyl groups is 1. The van der Waals surface area contributed by atoms with Gasteiger partial charge in [-0.25, -0.2) is 4.39 Å². The van der Waals surface area contributed by atoms with E-state index in [2.05, 4.69) is 5.32 Å². The van der Waals surface area contributed by atoms with Crippen LogP contribution in [0.5, 0.6) is 0 Å². The summed E-state index contributed by atoms with van der Waals surface area (Å²) in [4.78, 5) is 0. The van der Waals surface area contributed by atoms with Crippen molar-refractivity contribution in [2.24, 2.45) is 5.41 Å². The number of benzene rings is 1. The zero-order chi connectivity index (χ0) is 12.2. The first kappa shape index (κ1) is 13.1. The van der Waals surface area contributed by atoms with Crippen molar-refractivity contribution in [1.82, 2.24) is 5.32 Å². The number of hydrogen-bond donors (Lipinski definition) is 2. The fourth-order valence-electron chi connectivity index (χ4n) is 1.42. The predicted octanol–water partition coefficient (Wildman–Crippen LogP) is 2.49. The van der Waals surface area contributed by atoms with Gasteiger partial charge in [0.05, 0.1) is 0 Å². The third-order valence-electron chi connectivity index (χ3n) is 2.69. The van der Waals surface area contributed by atoms with Gasteiger partial charge in [-0.1, -0.05) is 32.0 Å². The van der Waals surface area contributed by atoms with Crippen molar-refractivity contribution in [2.45, 2.75) is 26.8 Å². The Hall–Kier alpha value is -0.930. The second-order valence-electron chi connectivity index (χ2n) is 4.95. The van der Waals surface area contributed by atoms with Crippen LogP contribution in [0.15, 0.2) is 24.3 Å². The molecule has 90 valence electrons. The summed E-state index contributed by atoms with van der Waals surface area (Å²) in [5, 5.41) is 12.3. The van der Waals surface area contributed by atoms with E-state index < -0.39 is 0 Å². The second kappa shape index (κ2) is 5.41. The van der Waals surface area contributed by atoms with Gasteiger partial charge in [-0.15, -0.1) is 0 Å². The first-order chi connectivity index (χ1) is 7.46. The quantitative estimate of drug-likeness (QED) is 0.807. The Bertz CT molecular complexity index is 338. The summed E-state index contributed by atoms with van der Waals surface area (Å²) in [6.45, 7) is 6.62. The summed E-state index contributed by atoms with van der Waals surface area (Å²) in [6, 6.07) is 6.70. The van der Waals surface area contributed by atoms with Crippen molar-refractivity contribution in [2.75, 3.05) is 13.2 Å². The second-order valence-corrected chi connectivity index (χ2v) is 4.95. The third kappa shape index (κ3) is 3.58. The molecular formula is C13H20FNO. The maximum atomic E-state index is 13.5. The summed E-state index contributed by atoms with van der Waals surface area (Å²) < 4.78 is 13.5. The van der Waals surface area contributed by atoms with Gasteiger partial charge in [-0.3, -0.25) is 0 Å². The molecule has 16 heavy (non-hydrogen) atoms. The van der Waals surface area contributed by atoms with E-state index in [0.29, 0.717) is 12.1 Å². The van der Waals surface area contributed by atoms with Crippen molar-refractivity contribution < 1.29 is 9.50 Å². The Kier molecular flexibility index (Phi) is 4.44. The Morgan fingerprint density at radius 1 is 1.38 bits per heavy atom. The molecular weight excluding hydrogens is 205 g/mol. The van der Waals surface area contributed by atoms with Gasteiger partial charge >= 0.3 is 0 Å². The molecule has 2 N–H and O–H groups in total. The average molecular weight is 225 g/mol. The summed E-state index contributed by atoms with van der Waals surface area (Å²) in [6.07, 6.45) is 0.